The highest BCUT2D eigenvalue weighted by Crippen LogP contribution is 2.31. The van der Waals surface area contributed by atoms with Crippen LogP contribution in [-0.4, -0.2) is 12.6 Å². The first kappa shape index (κ1) is 14.2. The minimum absolute atomic E-state index is 0.598. The summed E-state index contributed by atoms with van der Waals surface area (Å²) < 4.78 is 5.88. The molecule has 0 saturated heterocycles. The van der Waals surface area contributed by atoms with E-state index < -0.39 is 0 Å². The smallest absolute Gasteiger partial charge is 0.142 e. The first-order valence-corrected chi connectivity index (χ1v) is 7.70. The van der Waals surface area contributed by atoms with Gasteiger partial charge in [0.2, 0.25) is 0 Å². The van der Waals surface area contributed by atoms with Gasteiger partial charge in [0, 0.05) is 6.04 Å². The normalized spacial score (nSPS) is 23.1. The fourth-order valence-corrected chi connectivity index (χ4v) is 2.81. The Bertz CT molecular complexity index is 402. The summed E-state index contributed by atoms with van der Waals surface area (Å²) in [6.07, 6.45) is 6.40. The molecule has 19 heavy (non-hydrogen) atoms. The molecule has 0 bridgehead atoms. The number of anilines is 1. The van der Waals surface area contributed by atoms with Crippen molar-refractivity contribution in [1.29, 1.82) is 0 Å². The predicted molar refractivity (Wildman–Crippen MR) is 82.0 cm³/mol. The Balaban J connectivity index is 2.09. The standard InChI is InChI=1S/C17H27NO/c1-4-11-19-17-12-13(2)9-10-16(17)18-15-8-6-5-7-14(15)3/h9-10,12,14-15,18H,4-8,11H2,1-3H3. The van der Waals surface area contributed by atoms with Gasteiger partial charge in [-0.3, -0.25) is 0 Å². The van der Waals surface area contributed by atoms with Gasteiger partial charge in [0.05, 0.1) is 12.3 Å². The van der Waals surface area contributed by atoms with Crippen LogP contribution in [0.5, 0.6) is 5.75 Å². The van der Waals surface area contributed by atoms with Crippen LogP contribution in [0.4, 0.5) is 5.69 Å². The van der Waals surface area contributed by atoms with Crippen LogP contribution in [0.25, 0.3) is 0 Å². The van der Waals surface area contributed by atoms with Crippen LogP contribution in [0.2, 0.25) is 0 Å². The topological polar surface area (TPSA) is 21.3 Å². The largest absolute Gasteiger partial charge is 0.491 e. The van der Waals surface area contributed by atoms with Gasteiger partial charge in [0.15, 0.2) is 0 Å². The number of nitrogens with one attached hydrogen (secondary N) is 1. The minimum Gasteiger partial charge on any atom is -0.491 e. The molecule has 0 spiro atoms. The van der Waals surface area contributed by atoms with Crippen molar-refractivity contribution in [2.24, 2.45) is 5.92 Å². The van der Waals surface area contributed by atoms with E-state index in [-0.39, 0.29) is 0 Å². The van der Waals surface area contributed by atoms with Crippen molar-refractivity contribution in [3.63, 3.8) is 0 Å². The van der Waals surface area contributed by atoms with E-state index in [0.717, 1.165) is 30.4 Å². The molecule has 106 valence electrons. The third kappa shape index (κ3) is 3.89. The average Bonchev–Trinajstić information content (AvgIpc) is 2.41. The van der Waals surface area contributed by atoms with E-state index in [1.165, 1.54) is 31.2 Å². The molecule has 1 fully saturated rings. The van der Waals surface area contributed by atoms with Crippen molar-refractivity contribution in [1.82, 2.24) is 0 Å². The summed E-state index contributed by atoms with van der Waals surface area (Å²) >= 11 is 0. The number of ether oxygens (including phenoxy) is 1. The fourth-order valence-electron chi connectivity index (χ4n) is 2.81. The average molecular weight is 261 g/mol. The lowest BCUT2D eigenvalue weighted by atomic mass is 9.86. The molecule has 0 radical (unpaired) electrons. The van der Waals surface area contributed by atoms with Gasteiger partial charge in [0.1, 0.15) is 5.75 Å². The van der Waals surface area contributed by atoms with E-state index in [9.17, 15) is 0 Å². The number of hydrogen-bond acceptors (Lipinski definition) is 2. The van der Waals surface area contributed by atoms with Gasteiger partial charge in [-0.2, -0.15) is 0 Å². The molecule has 1 aliphatic rings. The predicted octanol–water partition coefficient (Wildman–Crippen LogP) is 4.77. The van der Waals surface area contributed by atoms with Gasteiger partial charge in [0.25, 0.3) is 0 Å². The van der Waals surface area contributed by atoms with Crippen molar-refractivity contribution >= 4 is 5.69 Å². The Morgan fingerprint density at radius 3 is 2.79 bits per heavy atom. The summed E-state index contributed by atoms with van der Waals surface area (Å²) in [6, 6.07) is 7.07. The molecular weight excluding hydrogens is 234 g/mol. The van der Waals surface area contributed by atoms with E-state index in [0.29, 0.717) is 6.04 Å². The maximum absolute atomic E-state index is 5.88. The van der Waals surface area contributed by atoms with Gasteiger partial charge in [-0.05, 0) is 49.8 Å². The highest BCUT2D eigenvalue weighted by molar-refractivity contribution is 5.58. The summed E-state index contributed by atoms with van der Waals surface area (Å²) in [4.78, 5) is 0. The summed E-state index contributed by atoms with van der Waals surface area (Å²) in [5, 5.41) is 3.71. The molecule has 1 N–H and O–H groups in total. The number of rotatable bonds is 5. The zero-order valence-corrected chi connectivity index (χ0v) is 12.5. The zero-order chi connectivity index (χ0) is 13.7. The SMILES string of the molecule is CCCOc1cc(C)ccc1NC1CCCCC1C. The Labute approximate surface area is 117 Å². The molecule has 1 aromatic carbocycles. The molecule has 1 aliphatic carbocycles. The van der Waals surface area contributed by atoms with Gasteiger partial charge < -0.3 is 10.1 Å². The molecule has 1 saturated carbocycles. The molecule has 2 heteroatoms. The summed E-state index contributed by atoms with van der Waals surface area (Å²) in [5.41, 5.74) is 2.42. The van der Waals surface area contributed by atoms with E-state index in [2.05, 4.69) is 44.3 Å². The zero-order valence-electron chi connectivity index (χ0n) is 12.5. The summed E-state index contributed by atoms with van der Waals surface area (Å²) in [7, 11) is 0. The third-order valence-electron chi connectivity index (χ3n) is 4.05. The Hall–Kier alpha value is -1.18. The van der Waals surface area contributed by atoms with E-state index in [4.69, 9.17) is 4.74 Å². The quantitative estimate of drug-likeness (QED) is 0.824. The van der Waals surface area contributed by atoms with Crippen molar-refractivity contribution < 1.29 is 4.74 Å². The maximum Gasteiger partial charge on any atom is 0.142 e. The van der Waals surface area contributed by atoms with Crippen LogP contribution >= 0.6 is 0 Å². The number of hydrogen-bond donors (Lipinski definition) is 1. The van der Waals surface area contributed by atoms with E-state index in [1.54, 1.807) is 0 Å². The summed E-state index contributed by atoms with van der Waals surface area (Å²) in [6.45, 7) is 7.41. The number of aryl methyl sites for hydroxylation is 1. The van der Waals surface area contributed by atoms with Crippen molar-refractivity contribution in [3.05, 3.63) is 23.8 Å². The maximum atomic E-state index is 5.88. The van der Waals surface area contributed by atoms with Crippen molar-refractivity contribution in [2.75, 3.05) is 11.9 Å². The third-order valence-corrected chi connectivity index (χ3v) is 4.05. The Morgan fingerprint density at radius 1 is 1.26 bits per heavy atom. The lowest BCUT2D eigenvalue weighted by molar-refractivity contribution is 0.315. The molecule has 2 atom stereocenters. The second kappa shape index (κ2) is 6.83. The molecule has 2 nitrogen and oxygen atoms in total. The van der Waals surface area contributed by atoms with Crippen molar-refractivity contribution in [2.45, 2.75) is 58.9 Å². The molecule has 2 unspecified atom stereocenters. The molecule has 2 rings (SSSR count). The second-order valence-corrected chi connectivity index (χ2v) is 5.86. The first-order valence-electron chi connectivity index (χ1n) is 7.70. The van der Waals surface area contributed by atoms with Gasteiger partial charge in [-0.15, -0.1) is 0 Å². The van der Waals surface area contributed by atoms with Crippen LogP contribution in [0.3, 0.4) is 0 Å². The molecule has 1 aromatic rings. The molecule has 0 aliphatic heterocycles. The molecule has 0 aromatic heterocycles. The minimum atomic E-state index is 0.598. The highest BCUT2D eigenvalue weighted by atomic mass is 16.5. The van der Waals surface area contributed by atoms with Crippen LogP contribution in [0, 0.1) is 12.8 Å². The first-order chi connectivity index (χ1) is 9.20. The molecular formula is C17H27NO. The lowest BCUT2D eigenvalue weighted by Crippen LogP contribution is -2.30. The van der Waals surface area contributed by atoms with Gasteiger partial charge in [-0.25, -0.2) is 0 Å². The van der Waals surface area contributed by atoms with Gasteiger partial charge >= 0.3 is 0 Å². The lowest BCUT2D eigenvalue weighted by Gasteiger charge is -2.31. The van der Waals surface area contributed by atoms with E-state index in [1.807, 2.05) is 0 Å². The molecule has 0 amide bonds. The van der Waals surface area contributed by atoms with Crippen LogP contribution in [0.1, 0.15) is 51.5 Å². The fraction of sp³-hybridized carbons (Fsp3) is 0.647. The second-order valence-electron chi connectivity index (χ2n) is 5.86. The van der Waals surface area contributed by atoms with Crippen LogP contribution in [-0.2, 0) is 0 Å². The van der Waals surface area contributed by atoms with Gasteiger partial charge in [-0.1, -0.05) is 32.8 Å². The van der Waals surface area contributed by atoms with Crippen LogP contribution < -0.4 is 10.1 Å². The summed E-state index contributed by atoms with van der Waals surface area (Å²) in [5.74, 6) is 1.77. The van der Waals surface area contributed by atoms with E-state index >= 15 is 0 Å². The Morgan fingerprint density at radius 2 is 2.05 bits per heavy atom. The van der Waals surface area contributed by atoms with Crippen LogP contribution in [0.15, 0.2) is 18.2 Å². The number of benzene rings is 1. The monoisotopic (exact) mass is 261 g/mol. The molecule has 0 heterocycles. The van der Waals surface area contributed by atoms with Crippen molar-refractivity contribution in [3.8, 4) is 5.75 Å². The highest BCUT2D eigenvalue weighted by Gasteiger charge is 2.21. The Kier molecular flexibility index (Phi) is 5.12.